The fourth-order valence-electron chi connectivity index (χ4n) is 3.75. The summed E-state index contributed by atoms with van der Waals surface area (Å²) in [5, 5.41) is 0. The lowest BCUT2D eigenvalue weighted by Crippen LogP contribution is -2.41. The molecule has 2 heterocycles. The van der Waals surface area contributed by atoms with Crippen LogP contribution in [-0.2, 0) is 18.6 Å². The smallest absolute Gasteiger partial charge is 0.400 e. The van der Waals surface area contributed by atoms with Crippen molar-refractivity contribution in [3.8, 4) is 0 Å². The zero-order valence-electron chi connectivity index (χ0n) is 20.7. The van der Waals surface area contributed by atoms with Gasteiger partial charge in [-0.25, -0.2) is 0 Å². The van der Waals surface area contributed by atoms with Crippen molar-refractivity contribution in [3.05, 3.63) is 10.9 Å². The van der Waals surface area contributed by atoms with E-state index in [1.165, 1.54) is 37.6 Å². The Balaban J connectivity index is 2.19. The van der Waals surface area contributed by atoms with Crippen LogP contribution in [0.1, 0.15) is 114 Å². The van der Waals surface area contributed by atoms with E-state index < -0.39 is 0 Å². The van der Waals surface area contributed by atoms with Crippen LogP contribution < -0.4 is 0 Å². The summed E-state index contributed by atoms with van der Waals surface area (Å²) in [6.07, 6.45) is 8.55. The second-order valence-electron chi connectivity index (χ2n) is 10.9. The van der Waals surface area contributed by atoms with Crippen molar-refractivity contribution in [1.29, 1.82) is 0 Å². The summed E-state index contributed by atoms with van der Waals surface area (Å²) in [6, 6.07) is 0. The molecule has 2 aliphatic rings. The van der Waals surface area contributed by atoms with Crippen LogP contribution in [0.5, 0.6) is 0 Å². The van der Waals surface area contributed by atoms with E-state index in [-0.39, 0.29) is 36.6 Å². The molecule has 2 saturated heterocycles. The first-order chi connectivity index (χ1) is 13.2. The largest absolute Gasteiger partial charge is 0.489 e. The van der Waals surface area contributed by atoms with Gasteiger partial charge in [0, 0.05) is 0 Å². The van der Waals surface area contributed by atoms with Gasteiger partial charge in [0.05, 0.1) is 22.4 Å². The Bertz CT molecular complexity index is 564. The lowest BCUT2D eigenvalue weighted by molar-refractivity contribution is 0.00578. The van der Waals surface area contributed by atoms with Gasteiger partial charge < -0.3 is 18.6 Å². The average Bonchev–Trinajstić information content (AvgIpc) is 2.93. The van der Waals surface area contributed by atoms with Gasteiger partial charge in [0.25, 0.3) is 0 Å². The molecule has 4 nitrogen and oxygen atoms in total. The zero-order valence-corrected chi connectivity index (χ0v) is 20.7. The van der Waals surface area contributed by atoms with Crippen molar-refractivity contribution in [3.63, 3.8) is 0 Å². The van der Waals surface area contributed by atoms with Gasteiger partial charge in [-0.3, -0.25) is 0 Å². The van der Waals surface area contributed by atoms with Crippen molar-refractivity contribution < 1.29 is 18.6 Å². The molecule has 0 amide bonds. The van der Waals surface area contributed by atoms with Crippen molar-refractivity contribution >= 4 is 14.2 Å². The average molecular weight is 406 g/mol. The monoisotopic (exact) mass is 406 g/mol. The molecule has 2 aliphatic heterocycles. The van der Waals surface area contributed by atoms with Crippen LogP contribution in [0.3, 0.4) is 0 Å². The van der Waals surface area contributed by atoms with Gasteiger partial charge in [0.2, 0.25) is 0 Å². The topological polar surface area (TPSA) is 36.9 Å². The summed E-state index contributed by atoms with van der Waals surface area (Å²) in [5.74, 6) is 0. The third-order valence-corrected chi connectivity index (χ3v) is 7.45. The minimum atomic E-state index is -0.353. The highest BCUT2D eigenvalue weighted by Gasteiger charge is 2.55. The van der Waals surface area contributed by atoms with E-state index in [4.69, 9.17) is 18.6 Å². The van der Waals surface area contributed by atoms with E-state index in [1.54, 1.807) is 0 Å². The molecule has 0 unspecified atom stereocenters. The maximum absolute atomic E-state index is 6.42. The first-order valence-corrected chi connectivity index (χ1v) is 11.6. The molecule has 0 aromatic carbocycles. The Morgan fingerprint density at radius 3 is 1.41 bits per heavy atom. The maximum atomic E-state index is 6.42. The normalized spacial score (nSPS) is 25.4. The molecule has 2 rings (SSSR count). The van der Waals surface area contributed by atoms with Crippen LogP contribution in [0.4, 0.5) is 0 Å². The molecule has 0 N–H and O–H groups in total. The molecule has 0 aromatic heterocycles. The molecule has 0 saturated carbocycles. The first-order valence-electron chi connectivity index (χ1n) is 11.6. The summed E-state index contributed by atoms with van der Waals surface area (Å²) >= 11 is 0. The second-order valence-corrected chi connectivity index (χ2v) is 10.9. The molecule has 0 atom stereocenters. The van der Waals surface area contributed by atoms with Crippen LogP contribution in [0.25, 0.3) is 0 Å². The summed E-state index contributed by atoms with van der Waals surface area (Å²) < 4.78 is 25.5. The number of unbranched alkanes of at least 4 members (excludes halogenated alkanes) is 5. The lowest BCUT2D eigenvalue weighted by atomic mass is 9.63. The van der Waals surface area contributed by atoms with Gasteiger partial charge in [-0.2, -0.15) is 0 Å². The van der Waals surface area contributed by atoms with E-state index in [2.05, 4.69) is 69.2 Å². The van der Waals surface area contributed by atoms with Gasteiger partial charge in [0.15, 0.2) is 0 Å². The van der Waals surface area contributed by atoms with E-state index >= 15 is 0 Å². The third-order valence-electron chi connectivity index (χ3n) is 7.45. The number of rotatable bonds is 9. The van der Waals surface area contributed by atoms with Gasteiger partial charge in [0.1, 0.15) is 0 Å². The molecule has 0 bridgehead atoms. The van der Waals surface area contributed by atoms with E-state index in [9.17, 15) is 0 Å². The maximum Gasteiger partial charge on any atom is 0.489 e. The van der Waals surface area contributed by atoms with Crippen LogP contribution in [0, 0.1) is 0 Å². The molecule has 29 heavy (non-hydrogen) atoms. The van der Waals surface area contributed by atoms with Crippen molar-refractivity contribution in [1.82, 2.24) is 0 Å². The van der Waals surface area contributed by atoms with Gasteiger partial charge in [-0.15, -0.1) is 0 Å². The molecule has 166 valence electrons. The summed E-state index contributed by atoms with van der Waals surface area (Å²) in [5.41, 5.74) is 0.911. The highest BCUT2D eigenvalue weighted by molar-refractivity contribution is 6.62. The Morgan fingerprint density at radius 1 is 0.586 bits per heavy atom. The molecular formula is C23H44B2O4. The number of hydrogen-bond donors (Lipinski definition) is 0. The SMILES string of the molecule is CCCCCCCC/C(B1OC(C)(C)C(C)(C)O1)=C(\C)B1OC(C)(C)C(C)(C)O1. The molecule has 2 fully saturated rings. The summed E-state index contributed by atoms with van der Waals surface area (Å²) in [7, 11) is -0.691. The quantitative estimate of drug-likeness (QED) is 0.332. The predicted molar refractivity (Wildman–Crippen MR) is 123 cm³/mol. The second kappa shape index (κ2) is 9.06. The fraction of sp³-hybridized carbons (Fsp3) is 0.913. The van der Waals surface area contributed by atoms with Crippen molar-refractivity contribution in [2.75, 3.05) is 0 Å². The number of allylic oxidation sites excluding steroid dienone is 2. The van der Waals surface area contributed by atoms with Crippen LogP contribution in [0.15, 0.2) is 10.9 Å². The van der Waals surface area contributed by atoms with E-state index in [0.29, 0.717) is 0 Å². The minimum absolute atomic E-state index is 0.338. The Hall–Kier alpha value is -0.290. The van der Waals surface area contributed by atoms with Gasteiger partial charge in [-0.1, -0.05) is 45.4 Å². The van der Waals surface area contributed by atoms with Crippen LogP contribution in [-0.4, -0.2) is 36.6 Å². The van der Waals surface area contributed by atoms with Gasteiger partial charge in [-0.05, 0) is 79.7 Å². The Morgan fingerprint density at radius 2 is 0.966 bits per heavy atom. The molecular weight excluding hydrogens is 362 g/mol. The van der Waals surface area contributed by atoms with Crippen LogP contribution in [0.2, 0.25) is 0 Å². The Labute approximate surface area is 180 Å². The zero-order chi connectivity index (χ0) is 22.1. The molecule has 0 aromatic rings. The molecule has 0 radical (unpaired) electrons. The van der Waals surface area contributed by atoms with Gasteiger partial charge >= 0.3 is 14.2 Å². The summed E-state index contributed by atoms with van der Waals surface area (Å²) in [4.78, 5) is 0. The molecule has 6 heteroatoms. The fourth-order valence-corrected chi connectivity index (χ4v) is 3.75. The van der Waals surface area contributed by atoms with Crippen molar-refractivity contribution in [2.45, 2.75) is 137 Å². The van der Waals surface area contributed by atoms with Crippen LogP contribution >= 0.6 is 0 Å². The van der Waals surface area contributed by atoms with Crippen molar-refractivity contribution in [2.24, 2.45) is 0 Å². The minimum Gasteiger partial charge on any atom is -0.400 e. The highest BCUT2D eigenvalue weighted by Crippen LogP contribution is 2.43. The highest BCUT2D eigenvalue weighted by atomic mass is 16.7. The first kappa shape index (κ1) is 25.0. The number of hydrogen-bond acceptors (Lipinski definition) is 4. The standard InChI is InChI=1S/C23H44B2O4/c1-11-12-13-14-15-16-17-19(25-28-22(7,8)23(9,10)29-25)18(2)24-26-20(3,4)21(5,6)27-24/h11-17H2,1-10H3/b19-18-. The predicted octanol–water partition coefficient (Wildman–Crippen LogP) is 6.32. The third kappa shape index (κ3) is 5.50. The Kier molecular flexibility index (Phi) is 7.80. The van der Waals surface area contributed by atoms with E-state index in [0.717, 1.165) is 18.3 Å². The molecule has 0 spiro atoms. The van der Waals surface area contributed by atoms with E-state index in [1.807, 2.05) is 0 Å². The molecule has 0 aliphatic carbocycles. The lowest BCUT2D eigenvalue weighted by Gasteiger charge is -2.32. The summed E-state index contributed by atoms with van der Waals surface area (Å²) in [6.45, 7) is 21.2.